The Kier molecular flexibility index (Phi) is 5.13. The number of rotatable bonds is 6. The summed E-state index contributed by atoms with van der Waals surface area (Å²) in [7, 11) is 0. The molecule has 3 rings (SSSR count). The first-order valence-corrected chi connectivity index (χ1v) is 8.40. The summed E-state index contributed by atoms with van der Waals surface area (Å²) in [5, 5.41) is 3.08. The molecule has 2 heterocycles. The minimum absolute atomic E-state index is 0.224. The van der Waals surface area contributed by atoms with Crippen molar-refractivity contribution in [3.05, 3.63) is 29.8 Å². The molecule has 0 saturated carbocycles. The molecule has 0 aromatic heterocycles. The van der Waals surface area contributed by atoms with Gasteiger partial charge in [-0.2, -0.15) is 0 Å². The van der Waals surface area contributed by atoms with E-state index in [-0.39, 0.29) is 11.9 Å². The van der Waals surface area contributed by atoms with Gasteiger partial charge in [-0.15, -0.1) is 5.12 Å². The molecule has 2 saturated heterocycles. The third-order valence-electron chi connectivity index (χ3n) is 4.61. The van der Waals surface area contributed by atoms with Gasteiger partial charge in [-0.25, -0.2) is 10.6 Å². The number of aldehydes is 1. The average molecular weight is 332 g/mol. The molecular weight excluding hydrogens is 308 g/mol. The van der Waals surface area contributed by atoms with Crippen LogP contribution in [0, 0.1) is 5.92 Å². The van der Waals surface area contributed by atoms with Crippen molar-refractivity contribution in [1.29, 1.82) is 0 Å². The Morgan fingerprint density at radius 2 is 1.96 bits per heavy atom. The van der Waals surface area contributed by atoms with Crippen LogP contribution in [0.15, 0.2) is 24.3 Å². The molecule has 1 aromatic carbocycles. The Bertz CT molecular complexity index is 584. The highest BCUT2D eigenvalue weighted by atomic mass is 16.5. The minimum Gasteiger partial charge on any atom is -0.463 e. The first-order chi connectivity index (χ1) is 11.6. The Labute approximate surface area is 141 Å². The summed E-state index contributed by atoms with van der Waals surface area (Å²) in [6, 6.07) is 8.03. The normalized spacial score (nSPS) is 24.7. The first-order valence-electron chi connectivity index (χ1n) is 8.40. The highest BCUT2D eigenvalue weighted by Gasteiger charge is 2.50. The van der Waals surface area contributed by atoms with Crippen LogP contribution in [0.4, 0.5) is 5.69 Å². The molecule has 0 bridgehead atoms. The summed E-state index contributed by atoms with van der Waals surface area (Å²) in [6.07, 6.45) is 2.43. The maximum absolute atomic E-state index is 11.8. The number of esters is 1. The molecular formula is C17H24N4O3. The SMILES string of the molecule is CCOC(=O)C1N(N)N1c1ccc(CN2CCC(C=O)CC2)cc1. The molecule has 2 unspecified atom stereocenters. The summed E-state index contributed by atoms with van der Waals surface area (Å²) in [4.78, 5) is 24.9. The van der Waals surface area contributed by atoms with E-state index in [0.717, 1.165) is 44.4 Å². The molecule has 0 radical (unpaired) electrons. The molecule has 0 spiro atoms. The lowest BCUT2D eigenvalue weighted by atomic mass is 9.98. The van der Waals surface area contributed by atoms with Crippen molar-refractivity contribution in [1.82, 2.24) is 10.0 Å². The molecule has 7 heteroatoms. The smallest absolute Gasteiger partial charge is 0.348 e. The van der Waals surface area contributed by atoms with E-state index in [1.165, 1.54) is 10.7 Å². The minimum atomic E-state index is -0.529. The molecule has 7 nitrogen and oxygen atoms in total. The first kappa shape index (κ1) is 16.9. The number of nitrogens with zero attached hydrogens (tertiary/aromatic N) is 3. The summed E-state index contributed by atoms with van der Waals surface area (Å²) in [6.45, 7) is 4.91. The van der Waals surface area contributed by atoms with Gasteiger partial charge in [0.25, 0.3) is 0 Å². The number of hydrogen-bond donors (Lipinski definition) is 1. The monoisotopic (exact) mass is 332 g/mol. The number of likely N-dealkylation sites (tertiary alicyclic amines) is 1. The molecule has 2 aliphatic rings. The van der Waals surface area contributed by atoms with Crippen molar-refractivity contribution in [2.75, 3.05) is 24.7 Å². The van der Waals surface area contributed by atoms with Crippen molar-refractivity contribution in [3.63, 3.8) is 0 Å². The second-order valence-electron chi connectivity index (χ2n) is 6.27. The van der Waals surface area contributed by atoms with Crippen LogP contribution < -0.4 is 10.9 Å². The lowest BCUT2D eigenvalue weighted by Crippen LogP contribution is -2.33. The molecule has 24 heavy (non-hydrogen) atoms. The predicted octanol–water partition coefficient (Wildman–Crippen LogP) is 0.897. The Morgan fingerprint density at radius 1 is 1.29 bits per heavy atom. The molecule has 2 aliphatic heterocycles. The number of hydrogen-bond acceptors (Lipinski definition) is 7. The zero-order valence-electron chi connectivity index (χ0n) is 13.9. The van der Waals surface area contributed by atoms with Crippen LogP contribution in [0.5, 0.6) is 0 Å². The lowest BCUT2D eigenvalue weighted by Gasteiger charge is -2.29. The van der Waals surface area contributed by atoms with E-state index >= 15 is 0 Å². The largest absolute Gasteiger partial charge is 0.463 e. The van der Waals surface area contributed by atoms with Gasteiger partial charge in [0.05, 0.1) is 12.3 Å². The number of ether oxygens (including phenoxy) is 1. The van der Waals surface area contributed by atoms with E-state index in [4.69, 9.17) is 10.6 Å². The van der Waals surface area contributed by atoms with E-state index in [0.29, 0.717) is 6.61 Å². The van der Waals surface area contributed by atoms with Crippen LogP contribution in [0.25, 0.3) is 0 Å². The molecule has 1 aromatic rings. The predicted molar refractivity (Wildman–Crippen MR) is 89.4 cm³/mol. The van der Waals surface area contributed by atoms with Gasteiger partial charge in [-0.05, 0) is 50.6 Å². The second-order valence-corrected chi connectivity index (χ2v) is 6.27. The van der Waals surface area contributed by atoms with Crippen molar-refractivity contribution in [2.24, 2.45) is 11.8 Å². The quantitative estimate of drug-likeness (QED) is 0.359. The van der Waals surface area contributed by atoms with Crippen LogP contribution >= 0.6 is 0 Å². The number of carbonyl (C=O) groups excluding carboxylic acids is 2. The highest BCUT2D eigenvalue weighted by molar-refractivity contribution is 5.83. The number of nitrogens with two attached hydrogens (primary N) is 1. The zero-order chi connectivity index (χ0) is 17.1. The van der Waals surface area contributed by atoms with Crippen LogP contribution in [-0.4, -0.2) is 48.1 Å². The van der Waals surface area contributed by atoms with E-state index in [1.807, 2.05) is 12.1 Å². The summed E-state index contributed by atoms with van der Waals surface area (Å²) < 4.78 is 5.00. The summed E-state index contributed by atoms with van der Waals surface area (Å²) >= 11 is 0. The van der Waals surface area contributed by atoms with E-state index in [1.54, 1.807) is 11.9 Å². The third kappa shape index (κ3) is 3.58. The lowest BCUT2D eigenvalue weighted by molar-refractivity contribution is -0.143. The van der Waals surface area contributed by atoms with Crippen LogP contribution in [0.1, 0.15) is 25.3 Å². The van der Waals surface area contributed by atoms with Gasteiger partial charge < -0.3 is 9.53 Å². The van der Waals surface area contributed by atoms with Crippen LogP contribution in [-0.2, 0) is 20.9 Å². The van der Waals surface area contributed by atoms with Gasteiger partial charge >= 0.3 is 5.97 Å². The number of hydrazine groups is 2. The average Bonchev–Trinajstić information content (AvgIpc) is 3.28. The van der Waals surface area contributed by atoms with E-state index < -0.39 is 6.17 Å². The van der Waals surface area contributed by atoms with Crippen LogP contribution in [0.2, 0.25) is 0 Å². The number of piperidine rings is 1. The van der Waals surface area contributed by atoms with E-state index in [9.17, 15) is 9.59 Å². The molecule has 2 fully saturated rings. The summed E-state index contributed by atoms with van der Waals surface area (Å²) in [5.41, 5.74) is 2.08. The fraction of sp³-hybridized carbons (Fsp3) is 0.529. The number of carbonyl (C=O) groups is 2. The van der Waals surface area contributed by atoms with Gasteiger partial charge in [-0.3, -0.25) is 9.91 Å². The van der Waals surface area contributed by atoms with Gasteiger partial charge in [0.15, 0.2) is 0 Å². The maximum atomic E-state index is 11.8. The fourth-order valence-corrected chi connectivity index (χ4v) is 3.14. The van der Waals surface area contributed by atoms with Crippen molar-refractivity contribution >= 4 is 17.9 Å². The molecule has 130 valence electrons. The molecule has 2 N–H and O–H groups in total. The van der Waals surface area contributed by atoms with Gasteiger partial charge in [-0.1, -0.05) is 12.1 Å². The van der Waals surface area contributed by atoms with E-state index in [2.05, 4.69) is 17.0 Å². The van der Waals surface area contributed by atoms with Crippen molar-refractivity contribution in [3.8, 4) is 0 Å². The Morgan fingerprint density at radius 3 is 2.54 bits per heavy atom. The summed E-state index contributed by atoms with van der Waals surface area (Å²) in [5.74, 6) is 5.70. The van der Waals surface area contributed by atoms with Crippen molar-refractivity contribution in [2.45, 2.75) is 32.5 Å². The molecule has 0 aliphatic carbocycles. The van der Waals surface area contributed by atoms with Gasteiger partial charge in [0.2, 0.25) is 6.17 Å². The molecule has 0 amide bonds. The highest BCUT2D eigenvalue weighted by Crippen LogP contribution is 2.31. The van der Waals surface area contributed by atoms with Crippen LogP contribution in [0.3, 0.4) is 0 Å². The topological polar surface area (TPSA) is 78.7 Å². The Balaban J connectivity index is 1.55. The van der Waals surface area contributed by atoms with Gasteiger partial charge in [0.1, 0.15) is 6.29 Å². The van der Waals surface area contributed by atoms with Crippen molar-refractivity contribution < 1.29 is 14.3 Å². The number of anilines is 1. The zero-order valence-corrected chi connectivity index (χ0v) is 13.9. The fourth-order valence-electron chi connectivity index (χ4n) is 3.14. The second kappa shape index (κ2) is 7.29. The number of benzene rings is 1. The third-order valence-corrected chi connectivity index (χ3v) is 4.61. The standard InChI is InChI=1S/C17H24N4O3/c1-2-24-17(23)16-20(21(16)18)15-5-3-13(4-6-15)11-19-9-7-14(12-22)8-10-19/h3-6,12,14,16H,2,7-11,18H2,1H3. The van der Waals surface area contributed by atoms with Gasteiger partial charge in [0, 0.05) is 12.5 Å². The maximum Gasteiger partial charge on any atom is 0.348 e. The Hall–Kier alpha value is -1.96. The molecule has 2 atom stereocenters.